The number of nitriles is 1. The van der Waals surface area contributed by atoms with E-state index in [1.807, 2.05) is 12.1 Å². The highest BCUT2D eigenvalue weighted by molar-refractivity contribution is 6.29. The number of hydrogen-bond donors (Lipinski definition) is 0. The average Bonchev–Trinajstić information content (AvgIpc) is 2.31. The minimum Gasteiger partial charge on any atom is -0.264 e. The molecule has 3 nitrogen and oxygen atoms in total. The molecule has 4 heteroatoms. The highest BCUT2D eigenvalue weighted by atomic mass is 35.5. The van der Waals surface area contributed by atoms with Crippen molar-refractivity contribution in [2.45, 2.75) is 6.42 Å². The van der Waals surface area contributed by atoms with Gasteiger partial charge in [0.15, 0.2) is 0 Å². The van der Waals surface area contributed by atoms with Crippen molar-refractivity contribution >= 4 is 11.6 Å². The Labute approximate surface area is 98.4 Å². The second-order valence-electron chi connectivity index (χ2n) is 3.24. The first kappa shape index (κ1) is 10.6. The van der Waals surface area contributed by atoms with E-state index in [2.05, 4.69) is 16.0 Å². The van der Waals surface area contributed by atoms with Crippen molar-refractivity contribution in [1.82, 2.24) is 9.97 Å². The fourth-order valence-corrected chi connectivity index (χ4v) is 1.66. The van der Waals surface area contributed by atoms with Gasteiger partial charge < -0.3 is 0 Å². The molecule has 0 aliphatic heterocycles. The van der Waals surface area contributed by atoms with E-state index in [0.29, 0.717) is 11.6 Å². The van der Waals surface area contributed by atoms with Crippen molar-refractivity contribution in [3.05, 3.63) is 47.5 Å². The Morgan fingerprint density at radius 1 is 1.38 bits per heavy atom. The summed E-state index contributed by atoms with van der Waals surface area (Å²) >= 11 is 5.80. The number of halogens is 1. The summed E-state index contributed by atoms with van der Waals surface area (Å²) in [6.07, 6.45) is 5.43. The quantitative estimate of drug-likeness (QED) is 0.744. The van der Waals surface area contributed by atoms with Crippen LogP contribution >= 0.6 is 11.6 Å². The van der Waals surface area contributed by atoms with Crippen molar-refractivity contribution in [2.24, 2.45) is 0 Å². The van der Waals surface area contributed by atoms with Crippen LogP contribution in [0.15, 0.2) is 36.8 Å². The first-order valence-corrected chi connectivity index (χ1v) is 5.11. The molecule has 0 unspecified atom stereocenters. The number of nitrogens with zero attached hydrogens (tertiary/aromatic N) is 3. The molecular formula is C12H8ClN3. The molecule has 0 spiro atoms. The number of aromatic nitrogens is 2. The van der Waals surface area contributed by atoms with Gasteiger partial charge in [0, 0.05) is 29.7 Å². The van der Waals surface area contributed by atoms with Crippen LogP contribution in [-0.4, -0.2) is 9.97 Å². The van der Waals surface area contributed by atoms with Gasteiger partial charge in [-0.05, 0) is 17.7 Å². The normalized spacial score (nSPS) is 9.75. The largest absolute Gasteiger partial charge is 0.264 e. The molecule has 0 fully saturated rings. The van der Waals surface area contributed by atoms with Gasteiger partial charge in [-0.2, -0.15) is 5.26 Å². The van der Waals surface area contributed by atoms with Crippen LogP contribution in [-0.2, 0) is 6.42 Å². The molecule has 0 aliphatic carbocycles. The Bertz CT molecular complexity index is 532. The van der Waals surface area contributed by atoms with Crippen LogP contribution in [0.4, 0.5) is 0 Å². The molecular weight excluding hydrogens is 222 g/mol. The van der Waals surface area contributed by atoms with Gasteiger partial charge in [-0.25, -0.2) is 4.98 Å². The summed E-state index contributed by atoms with van der Waals surface area (Å²) in [6.45, 7) is 0. The van der Waals surface area contributed by atoms with E-state index in [4.69, 9.17) is 16.9 Å². The lowest BCUT2D eigenvalue weighted by Gasteiger charge is -2.06. The summed E-state index contributed by atoms with van der Waals surface area (Å²) < 4.78 is 0. The zero-order valence-electron chi connectivity index (χ0n) is 8.39. The third-order valence-corrected chi connectivity index (χ3v) is 2.41. The smallest absolute Gasteiger partial charge is 0.129 e. The standard InChI is InChI=1S/C12H8ClN3/c13-12-6-9(3-4-14)11(8-16-12)10-2-1-5-15-7-10/h1-2,5-8H,3H2. The van der Waals surface area contributed by atoms with Crippen molar-refractivity contribution in [3.63, 3.8) is 0 Å². The molecule has 0 aliphatic rings. The summed E-state index contributed by atoms with van der Waals surface area (Å²) in [5.74, 6) is 0. The monoisotopic (exact) mass is 229 g/mol. The van der Waals surface area contributed by atoms with Crippen LogP contribution in [0.1, 0.15) is 5.56 Å². The highest BCUT2D eigenvalue weighted by Crippen LogP contribution is 2.24. The van der Waals surface area contributed by atoms with E-state index in [1.165, 1.54) is 0 Å². The fraction of sp³-hybridized carbons (Fsp3) is 0.0833. The van der Waals surface area contributed by atoms with E-state index < -0.39 is 0 Å². The van der Waals surface area contributed by atoms with Gasteiger partial charge in [0.25, 0.3) is 0 Å². The summed E-state index contributed by atoms with van der Waals surface area (Å²) in [5.41, 5.74) is 2.71. The van der Waals surface area contributed by atoms with Gasteiger partial charge >= 0.3 is 0 Å². The van der Waals surface area contributed by atoms with Crippen LogP contribution in [0.2, 0.25) is 5.15 Å². The molecule has 0 saturated heterocycles. The Morgan fingerprint density at radius 2 is 2.25 bits per heavy atom. The molecule has 0 bridgehead atoms. The lowest BCUT2D eigenvalue weighted by atomic mass is 10.0. The Morgan fingerprint density at radius 3 is 2.94 bits per heavy atom. The zero-order valence-corrected chi connectivity index (χ0v) is 9.15. The molecule has 0 amide bonds. The summed E-state index contributed by atoms with van der Waals surface area (Å²) in [5, 5.41) is 9.15. The molecule has 0 aromatic carbocycles. The van der Waals surface area contributed by atoms with E-state index in [0.717, 1.165) is 16.7 Å². The Kier molecular flexibility index (Phi) is 3.13. The maximum absolute atomic E-state index is 8.75. The first-order chi connectivity index (χ1) is 7.81. The summed E-state index contributed by atoms with van der Waals surface area (Å²) in [6, 6.07) is 7.61. The van der Waals surface area contributed by atoms with Crippen molar-refractivity contribution < 1.29 is 0 Å². The fourth-order valence-electron chi connectivity index (χ4n) is 1.48. The number of rotatable bonds is 2. The number of hydrogen-bond acceptors (Lipinski definition) is 3. The van der Waals surface area contributed by atoms with Crippen molar-refractivity contribution in [3.8, 4) is 17.2 Å². The molecule has 0 saturated carbocycles. The maximum atomic E-state index is 8.75. The van der Waals surface area contributed by atoms with Crippen molar-refractivity contribution in [1.29, 1.82) is 5.26 Å². The summed E-state index contributed by atoms with van der Waals surface area (Å²) in [4.78, 5) is 8.07. The molecule has 78 valence electrons. The van der Waals surface area contributed by atoms with Crippen molar-refractivity contribution in [2.75, 3.05) is 0 Å². The minimum atomic E-state index is 0.312. The zero-order chi connectivity index (χ0) is 11.4. The molecule has 2 rings (SSSR count). The predicted octanol–water partition coefficient (Wildman–Crippen LogP) is 2.86. The van der Waals surface area contributed by atoms with Gasteiger partial charge in [-0.15, -0.1) is 0 Å². The molecule has 0 N–H and O–H groups in total. The van der Waals surface area contributed by atoms with E-state index in [9.17, 15) is 0 Å². The van der Waals surface area contributed by atoms with E-state index >= 15 is 0 Å². The molecule has 2 aromatic heterocycles. The third kappa shape index (κ3) is 2.18. The van der Waals surface area contributed by atoms with Gasteiger partial charge in [-0.3, -0.25) is 4.98 Å². The van der Waals surface area contributed by atoms with E-state index in [-0.39, 0.29) is 0 Å². The van der Waals surface area contributed by atoms with Crippen LogP contribution < -0.4 is 0 Å². The topological polar surface area (TPSA) is 49.6 Å². The molecule has 16 heavy (non-hydrogen) atoms. The lowest BCUT2D eigenvalue weighted by Crippen LogP contribution is -1.91. The number of pyridine rings is 2. The average molecular weight is 230 g/mol. The molecule has 0 radical (unpaired) electrons. The van der Waals surface area contributed by atoms with Gasteiger partial charge in [0.1, 0.15) is 5.15 Å². The molecule has 2 aromatic rings. The lowest BCUT2D eigenvalue weighted by molar-refractivity contribution is 1.21. The third-order valence-electron chi connectivity index (χ3n) is 2.20. The molecule has 0 atom stereocenters. The second-order valence-corrected chi connectivity index (χ2v) is 3.63. The first-order valence-electron chi connectivity index (χ1n) is 4.73. The van der Waals surface area contributed by atoms with Crippen LogP contribution in [0.5, 0.6) is 0 Å². The van der Waals surface area contributed by atoms with Crippen LogP contribution in [0, 0.1) is 11.3 Å². The van der Waals surface area contributed by atoms with Crippen LogP contribution in [0.3, 0.4) is 0 Å². The SMILES string of the molecule is N#CCc1cc(Cl)ncc1-c1cccnc1. The van der Waals surface area contributed by atoms with Gasteiger partial charge in [-0.1, -0.05) is 17.7 Å². The highest BCUT2D eigenvalue weighted by Gasteiger charge is 2.06. The van der Waals surface area contributed by atoms with E-state index in [1.54, 1.807) is 24.7 Å². The summed E-state index contributed by atoms with van der Waals surface area (Å²) in [7, 11) is 0. The minimum absolute atomic E-state index is 0.312. The van der Waals surface area contributed by atoms with Crippen LogP contribution in [0.25, 0.3) is 11.1 Å². The maximum Gasteiger partial charge on any atom is 0.129 e. The van der Waals surface area contributed by atoms with Gasteiger partial charge in [0.05, 0.1) is 12.5 Å². The Balaban J connectivity index is 2.53. The second kappa shape index (κ2) is 4.73. The Hall–Kier alpha value is -1.92. The van der Waals surface area contributed by atoms with Gasteiger partial charge in [0.2, 0.25) is 0 Å². The molecule has 2 heterocycles. The predicted molar refractivity (Wildman–Crippen MR) is 61.8 cm³/mol.